The number of halogens is 1. The van der Waals surface area contributed by atoms with Gasteiger partial charge < -0.3 is 9.30 Å². The minimum absolute atomic E-state index is 0.343. The topological polar surface area (TPSA) is 64.4 Å². The van der Waals surface area contributed by atoms with Crippen molar-refractivity contribution in [2.24, 2.45) is 0 Å². The van der Waals surface area contributed by atoms with Crippen molar-refractivity contribution in [1.29, 1.82) is 0 Å². The number of aryl methyl sites for hydroxylation is 1. The van der Waals surface area contributed by atoms with Gasteiger partial charge in [0.05, 0.1) is 29.7 Å². The van der Waals surface area contributed by atoms with Crippen molar-refractivity contribution in [3.05, 3.63) is 82.5 Å². The van der Waals surface area contributed by atoms with Gasteiger partial charge >= 0.3 is 0 Å². The molecule has 0 spiro atoms. The summed E-state index contributed by atoms with van der Waals surface area (Å²) in [5.41, 5.74) is 3.21. The lowest BCUT2D eigenvalue weighted by atomic mass is 10.1. The largest absolute Gasteiger partial charge is 0.495 e. The van der Waals surface area contributed by atoms with Gasteiger partial charge in [-0.15, -0.1) is 0 Å². The van der Waals surface area contributed by atoms with Crippen LogP contribution in [-0.2, 0) is 10.0 Å². The summed E-state index contributed by atoms with van der Waals surface area (Å²) in [6, 6.07) is 11.1. The second-order valence-corrected chi connectivity index (χ2v) is 9.50. The summed E-state index contributed by atoms with van der Waals surface area (Å²) in [5, 5.41) is 0. The van der Waals surface area contributed by atoms with Gasteiger partial charge in [-0.05, 0) is 61.7 Å². The van der Waals surface area contributed by atoms with Gasteiger partial charge in [0, 0.05) is 18.8 Å². The van der Waals surface area contributed by atoms with E-state index in [2.05, 4.69) is 4.98 Å². The summed E-state index contributed by atoms with van der Waals surface area (Å²) in [7, 11) is -2.04. The molecule has 1 aliphatic rings. The molecule has 0 aliphatic carbocycles. The highest BCUT2D eigenvalue weighted by atomic mass is 32.2. The lowest BCUT2D eigenvalue weighted by Gasteiger charge is -2.23. The number of aromatic nitrogens is 2. The van der Waals surface area contributed by atoms with Crippen LogP contribution in [0, 0.1) is 12.7 Å². The Morgan fingerprint density at radius 1 is 1.19 bits per heavy atom. The molecule has 2 aromatic carbocycles. The fourth-order valence-electron chi connectivity index (χ4n) is 3.81. The molecular formula is C23H24FN3O3S. The van der Waals surface area contributed by atoms with Crippen LogP contribution in [-0.4, -0.2) is 35.9 Å². The number of benzene rings is 2. The highest BCUT2D eigenvalue weighted by molar-refractivity contribution is 7.93. The van der Waals surface area contributed by atoms with Gasteiger partial charge in [-0.3, -0.25) is 0 Å². The third-order valence-corrected chi connectivity index (χ3v) is 7.63. The van der Waals surface area contributed by atoms with Crippen molar-refractivity contribution < 1.29 is 17.5 Å². The first-order chi connectivity index (χ1) is 14.8. The summed E-state index contributed by atoms with van der Waals surface area (Å²) < 4.78 is 48.4. The molecule has 1 fully saturated rings. The molecule has 0 saturated carbocycles. The third-order valence-electron chi connectivity index (χ3n) is 5.52. The van der Waals surface area contributed by atoms with Gasteiger partial charge in [0.1, 0.15) is 11.6 Å². The molecule has 4 rings (SSSR count). The predicted molar refractivity (Wildman–Crippen MR) is 118 cm³/mol. The van der Waals surface area contributed by atoms with Crippen LogP contribution in [0.1, 0.15) is 36.2 Å². The third kappa shape index (κ3) is 4.13. The summed E-state index contributed by atoms with van der Waals surface area (Å²) in [5.74, 6) is 0.280. The second-order valence-electron chi connectivity index (χ2n) is 7.56. The van der Waals surface area contributed by atoms with Gasteiger partial charge in [0.25, 0.3) is 0 Å². The summed E-state index contributed by atoms with van der Waals surface area (Å²) >= 11 is 0. The molecule has 8 heteroatoms. The first-order valence-electron chi connectivity index (χ1n) is 9.96. The smallest absolute Gasteiger partial charge is 0.239 e. The normalized spacial score (nSPS) is 18.4. The zero-order valence-electron chi connectivity index (χ0n) is 17.6. The Balaban J connectivity index is 1.62. The van der Waals surface area contributed by atoms with Gasteiger partial charge in [-0.2, -0.15) is 4.31 Å². The minimum Gasteiger partial charge on any atom is -0.495 e. The van der Waals surface area contributed by atoms with E-state index in [1.807, 2.05) is 42.8 Å². The number of hydrogen-bond donors (Lipinski definition) is 0. The van der Waals surface area contributed by atoms with Crippen LogP contribution in [0.4, 0.5) is 4.39 Å². The number of ether oxygens (including phenoxy) is 1. The Morgan fingerprint density at radius 3 is 2.58 bits per heavy atom. The van der Waals surface area contributed by atoms with E-state index >= 15 is 0 Å². The fourth-order valence-corrected chi connectivity index (χ4v) is 5.62. The highest BCUT2D eigenvalue weighted by Gasteiger charge is 2.37. The Hall–Kier alpha value is -2.97. The minimum atomic E-state index is -3.62. The van der Waals surface area contributed by atoms with E-state index in [-0.39, 0.29) is 11.9 Å². The lowest BCUT2D eigenvalue weighted by Crippen LogP contribution is -2.28. The van der Waals surface area contributed by atoms with Gasteiger partial charge in [-0.25, -0.2) is 17.8 Å². The molecule has 1 aliphatic heterocycles. The van der Waals surface area contributed by atoms with Crippen molar-refractivity contribution in [2.75, 3.05) is 13.7 Å². The molecule has 1 saturated heterocycles. The molecule has 0 bridgehead atoms. The van der Waals surface area contributed by atoms with Crippen molar-refractivity contribution in [3.63, 3.8) is 0 Å². The Kier molecular flexibility index (Phi) is 5.68. The summed E-state index contributed by atoms with van der Waals surface area (Å²) in [6.45, 7) is 4.11. The zero-order chi connectivity index (χ0) is 22.2. The molecule has 0 N–H and O–H groups in total. The van der Waals surface area contributed by atoms with Crippen LogP contribution < -0.4 is 4.74 Å². The Bertz CT molecular complexity index is 1230. The van der Waals surface area contributed by atoms with E-state index < -0.39 is 10.0 Å². The number of methoxy groups -OCH3 is 1. The maximum absolute atomic E-state index is 13.2. The lowest BCUT2D eigenvalue weighted by molar-refractivity contribution is 0.368. The van der Waals surface area contributed by atoms with Crippen LogP contribution in [0.3, 0.4) is 0 Å². The van der Waals surface area contributed by atoms with Gasteiger partial charge in [0.2, 0.25) is 10.0 Å². The number of sulfonamides is 1. The Labute approximate surface area is 181 Å². The average Bonchev–Trinajstić information content (AvgIpc) is 3.30. The first kappa shape index (κ1) is 21.3. The van der Waals surface area contributed by atoms with E-state index in [1.165, 1.54) is 16.4 Å². The molecule has 1 atom stereocenters. The molecule has 0 radical (unpaired) electrons. The van der Waals surface area contributed by atoms with Gasteiger partial charge in [0.15, 0.2) is 0 Å². The van der Waals surface area contributed by atoms with Crippen LogP contribution >= 0.6 is 0 Å². The number of nitrogens with zero attached hydrogens (tertiary/aromatic N) is 3. The van der Waals surface area contributed by atoms with E-state index in [0.717, 1.165) is 22.5 Å². The molecule has 162 valence electrons. The molecule has 2 heterocycles. The summed E-state index contributed by atoms with van der Waals surface area (Å²) in [4.78, 5) is 4.59. The molecule has 6 nitrogen and oxygen atoms in total. The monoisotopic (exact) mass is 441 g/mol. The highest BCUT2D eigenvalue weighted by Crippen LogP contribution is 2.36. The molecule has 3 aromatic rings. The number of rotatable bonds is 5. The zero-order valence-corrected chi connectivity index (χ0v) is 18.4. The molecule has 1 unspecified atom stereocenters. The van der Waals surface area contributed by atoms with Crippen molar-refractivity contribution in [1.82, 2.24) is 13.9 Å². The fraction of sp³-hybridized carbons (Fsp3) is 0.261. The first-order valence-corrected chi connectivity index (χ1v) is 11.4. The van der Waals surface area contributed by atoms with Gasteiger partial charge in [-0.1, -0.05) is 18.2 Å². The average molecular weight is 442 g/mol. The number of hydrogen-bond acceptors (Lipinski definition) is 4. The van der Waals surface area contributed by atoms with E-state index in [1.54, 1.807) is 31.6 Å². The molecule has 0 amide bonds. The van der Waals surface area contributed by atoms with E-state index in [9.17, 15) is 12.8 Å². The summed E-state index contributed by atoms with van der Waals surface area (Å²) in [6.07, 6.45) is 5.71. The van der Waals surface area contributed by atoms with E-state index in [4.69, 9.17) is 4.74 Å². The standard InChI is InChI=1S/C23H24FN3O3S/c1-16-14-26(15-25-16)22-9-4-18(13-23(22)30-3)12-21-10-11-27(31(21,28)29)17(2)19-5-7-20(24)8-6-19/h4-9,12-15,17H,10-11H2,1-3H3/b21-12+. The van der Waals surface area contributed by atoms with Crippen LogP contribution in [0.5, 0.6) is 5.75 Å². The maximum Gasteiger partial charge on any atom is 0.239 e. The SMILES string of the molecule is COc1cc(/C=C2\CCN(C(C)c3ccc(F)cc3)S2(=O)=O)ccc1-n1cnc(C)c1. The van der Waals surface area contributed by atoms with Crippen molar-refractivity contribution in [3.8, 4) is 11.4 Å². The molecule has 1 aromatic heterocycles. The van der Waals surface area contributed by atoms with E-state index in [0.29, 0.717) is 23.6 Å². The van der Waals surface area contributed by atoms with Crippen molar-refractivity contribution in [2.45, 2.75) is 26.3 Å². The van der Waals surface area contributed by atoms with Crippen LogP contribution in [0.2, 0.25) is 0 Å². The Morgan fingerprint density at radius 2 is 1.94 bits per heavy atom. The molecule has 31 heavy (non-hydrogen) atoms. The maximum atomic E-state index is 13.2. The van der Waals surface area contributed by atoms with Crippen LogP contribution in [0.15, 0.2) is 59.9 Å². The molecular weight excluding hydrogens is 417 g/mol. The number of imidazole rings is 1. The van der Waals surface area contributed by atoms with Crippen LogP contribution in [0.25, 0.3) is 11.8 Å². The van der Waals surface area contributed by atoms with Crippen molar-refractivity contribution >= 4 is 16.1 Å². The second kappa shape index (κ2) is 8.28. The quantitative estimate of drug-likeness (QED) is 0.586. The predicted octanol–water partition coefficient (Wildman–Crippen LogP) is 4.47.